The Morgan fingerprint density at radius 3 is 2.73 bits per heavy atom. The minimum Gasteiger partial charge on any atom is -0.496 e. The van der Waals surface area contributed by atoms with E-state index in [4.69, 9.17) is 14.9 Å². The van der Waals surface area contributed by atoms with E-state index in [9.17, 15) is 0 Å². The lowest BCUT2D eigenvalue weighted by Gasteiger charge is -2.04. The van der Waals surface area contributed by atoms with Gasteiger partial charge in [-0.3, -0.25) is 0 Å². The smallest absolute Gasteiger partial charge is 0.313 e. The van der Waals surface area contributed by atoms with Crippen LogP contribution >= 0.6 is 0 Å². The Balaban J connectivity index is 2.45. The molecule has 0 fully saturated rings. The number of nitrogens with zero attached hydrogens (tertiary/aromatic N) is 2. The zero-order valence-electron chi connectivity index (χ0n) is 8.52. The fraction of sp³-hybridized carbons (Fsp3) is 0.200. The highest BCUT2D eigenvalue weighted by Gasteiger charge is 2.08. The molecule has 0 spiro atoms. The van der Waals surface area contributed by atoms with Crippen LogP contribution < -0.4 is 10.5 Å². The lowest BCUT2D eigenvalue weighted by Crippen LogP contribution is -1.88. The fourth-order valence-corrected chi connectivity index (χ4v) is 1.30. The van der Waals surface area contributed by atoms with E-state index in [0.717, 1.165) is 16.9 Å². The number of aromatic nitrogens is 2. The second kappa shape index (κ2) is 3.61. The van der Waals surface area contributed by atoms with Crippen molar-refractivity contribution in [2.24, 2.45) is 0 Å². The van der Waals surface area contributed by atoms with Crippen LogP contribution in [0.25, 0.3) is 11.5 Å². The van der Waals surface area contributed by atoms with Crippen molar-refractivity contribution in [3.63, 3.8) is 0 Å². The van der Waals surface area contributed by atoms with Gasteiger partial charge in [-0.15, -0.1) is 5.10 Å². The predicted molar refractivity (Wildman–Crippen MR) is 55.4 cm³/mol. The van der Waals surface area contributed by atoms with Gasteiger partial charge in [-0.05, 0) is 24.6 Å². The molecule has 0 bridgehead atoms. The molecule has 1 aromatic heterocycles. The Morgan fingerprint density at radius 1 is 1.33 bits per heavy atom. The van der Waals surface area contributed by atoms with Gasteiger partial charge in [0.05, 0.1) is 7.11 Å². The summed E-state index contributed by atoms with van der Waals surface area (Å²) in [5.74, 6) is 1.18. The second-order valence-electron chi connectivity index (χ2n) is 3.13. The maximum atomic E-state index is 5.34. The molecule has 0 aliphatic heterocycles. The van der Waals surface area contributed by atoms with Gasteiger partial charge in [0, 0.05) is 5.56 Å². The van der Waals surface area contributed by atoms with E-state index in [-0.39, 0.29) is 6.01 Å². The summed E-state index contributed by atoms with van der Waals surface area (Å²) in [6.07, 6.45) is 0. The molecule has 15 heavy (non-hydrogen) atoms. The van der Waals surface area contributed by atoms with Gasteiger partial charge in [0.1, 0.15) is 5.75 Å². The molecular weight excluding hydrogens is 194 g/mol. The zero-order chi connectivity index (χ0) is 10.8. The van der Waals surface area contributed by atoms with Gasteiger partial charge in [-0.25, -0.2) is 0 Å². The van der Waals surface area contributed by atoms with Crippen LogP contribution in [0.1, 0.15) is 5.56 Å². The third-order valence-electron chi connectivity index (χ3n) is 2.10. The van der Waals surface area contributed by atoms with Crippen LogP contribution in [0.15, 0.2) is 22.6 Å². The molecule has 0 unspecified atom stereocenters. The van der Waals surface area contributed by atoms with Crippen LogP contribution in [-0.4, -0.2) is 17.3 Å². The van der Waals surface area contributed by atoms with Crippen LogP contribution in [0.5, 0.6) is 5.75 Å². The quantitative estimate of drug-likeness (QED) is 0.806. The highest BCUT2D eigenvalue weighted by Crippen LogP contribution is 2.26. The summed E-state index contributed by atoms with van der Waals surface area (Å²) in [5, 5.41) is 7.39. The number of nitrogens with two attached hydrogens (primary N) is 1. The lowest BCUT2D eigenvalue weighted by atomic mass is 10.1. The summed E-state index contributed by atoms with van der Waals surface area (Å²) in [6.45, 7) is 1.96. The molecule has 5 nitrogen and oxygen atoms in total. The molecule has 0 aliphatic carbocycles. The van der Waals surface area contributed by atoms with Crippen LogP contribution in [-0.2, 0) is 0 Å². The average molecular weight is 205 g/mol. The molecule has 0 amide bonds. The average Bonchev–Trinajstić information content (AvgIpc) is 2.66. The van der Waals surface area contributed by atoms with E-state index < -0.39 is 0 Å². The van der Waals surface area contributed by atoms with E-state index in [0.29, 0.717) is 5.89 Å². The second-order valence-corrected chi connectivity index (χ2v) is 3.13. The summed E-state index contributed by atoms with van der Waals surface area (Å²) in [6, 6.07) is 5.70. The summed E-state index contributed by atoms with van der Waals surface area (Å²) in [5.41, 5.74) is 7.19. The van der Waals surface area contributed by atoms with Crippen molar-refractivity contribution in [2.75, 3.05) is 12.8 Å². The van der Waals surface area contributed by atoms with Crippen LogP contribution in [0.2, 0.25) is 0 Å². The molecule has 0 atom stereocenters. The third kappa shape index (κ3) is 1.76. The monoisotopic (exact) mass is 205 g/mol. The first-order valence-electron chi connectivity index (χ1n) is 4.44. The molecule has 2 aromatic rings. The Kier molecular flexibility index (Phi) is 2.29. The van der Waals surface area contributed by atoms with Crippen molar-refractivity contribution in [3.8, 4) is 17.2 Å². The number of benzene rings is 1. The Morgan fingerprint density at radius 2 is 2.13 bits per heavy atom. The third-order valence-corrected chi connectivity index (χ3v) is 2.10. The van der Waals surface area contributed by atoms with E-state index in [1.54, 1.807) is 7.11 Å². The number of aryl methyl sites for hydroxylation is 1. The molecule has 0 aliphatic rings. The minimum absolute atomic E-state index is 0.0598. The lowest BCUT2D eigenvalue weighted by molar-refractivity contribution is 0.411. The van der Waals surface area contributed by atoms with Crippen molar-refractivity contribution < 1.29 is 9.15 Å². The number of ether oxygens (including phenoxy) is 1. The highest BCUT2D eigenvalue weighted by molar-refractivity contribution is 5.57. The summed E-state index contributed by atoms with van der Waals surface area (Å²) in [7, 11) is 1.62. The molecule has 1 aromatic carbocycles. The van der Waals surface area contributed by atoms with Crippen LogP contribution in [0, 0.1) is 6.92 Å². The minimum atomic E-state index is 0.0598. The molecular formula is C10H11N3O2. The maximum absolute atomic E-state index is 5.34. The first-order chi connectivity index (χ1) is 7.20. The SMILES string of the molecule is COc1cc(-c2nnc(N)o2)ccc1C. The number of anilines is 1. The normalized spacial score (nSPS) is 10.3. The first-order valence-corrected chi connectivity index (χ1v) is 4.44. The fourth-order valence-electron chi connectivity index (χ4n) is 1.30. The van der Waals surface area contributed by atoms with Gasteiger partial charge in [0.25, 0.3) is 0 Å². The largest absolute Gasteiger partial charge is 0.496 e. The van der Waals surface area contributed by atoms with Gasteiger partial charge in [-0.1, -0.05) is 11.2 Å². The molecule has 0 saturated carbocycles. The molecule has 2 N–H and O–H groups in total. The number of hydrogen-bond acceptors (Lipinski definition) is 5. The first kappa shape index (κ1) is 9.51. The van der Waals surface area contributed by atoms with Crippen LogP contribution in [0.4, 0.5) is 6.01 Å². The summed E-state index contributed by atoms with van der Waals surface area (Å²) >= 11 is 0. The van der Waals surface area contributed by atoms with Crippen molar-refractivity contribution in [3.05, 3.63) is 23.8 Å². The van der Waals surface area contributed by atoms with Gasteiger partial charge in [0.15, 0.2) is 0 Å². The predicted octanol–water partition coefficient (Wildman–Crippen LogP) is 1.64. The molecule has 1 heterocycles. The van der Waals surface area contributed by atoms with E-state index in [2.05, 4.69) is 10.2 Å². The molecule has 2 rings (SSSR count). The van der Waals surface area contributed by atoms with Crippen LogP contribution in [0.3, 0.4) is 0 Å². The number of methoxy groups -OCH3 is 1. The summed E-state index contributed by atoms with van der Waals surface area (Å²) in [4.78, 5) is 0. The zero-order valence-corrected chi connectivity index (χ0v) is 8.52. The Bertz CT molecular complexity index is 479. The molecule has 0 saturated heterocycles. The summed E-state index contributed by atoms with van der Waals surface area (Å²) < 4.78 is 10.3. The number of nitrogen functional groups attached to an aromatic ring is 1. The van der Waals surface area contributed by atoms with Crippen molar-refractivity contribution in [1.29, 1.82) is 0 Å². The Hall–Kier alpha value is -2.04. The van der Waals surface area contributed by atoms with Crippen molar-refractivity contribution in [1.82, 2.24) is 10.2 Å². The van der Waals surface area contributed by atoms with E-state index in [1.807, 2.05) is 25.1 Å². The molecule has 5 heteroatoms. The van der Waals surface area contributed by atoms with Crippen molar-refractivity contribution >= 4 is 6.01 Å². The van der Waals surface area contributed by atoms with Crippen molar-refractivity contribution in [2.45, 2.75) is 6.92 Å². The Labute approximate surface area is 86.9 Å². The number of hydrogen-bond donors (Lipinski definition) is 1. The van der Waals surface area contributed by atoms with Gasteiger partial charge >= 0.3 is 6.01 Å². The standard InChI is InChI=1S/C10H11N3O2/c1-6-3-4-7(5-8(6)14-2)9-12-13-10(11)15-9/h3-5H,1-2H3,(H2,11,13). The number of rotatable bonds is 2. The van der Waals surface area contributed by atoms with Gasteiger partial charge in [-0.2, -0.15) is 0 Å². The van der Waals surface area contributed by atoms with Gasteiger partial charge in [0.2, 0.25) is 5.89 Å². The van der Waals surface area contributed by atoms with E-state index in [1.165, 1.54) is 0 Å². The maximum Gasteiger partial charge on any atom is 0.313 e. The highest BCUT2D eigenvalue weighted by atomic mass is 16.5. The van der Waals surface area contributed by atoms with Gasteiger partial charge < -0.3 is 14.9 Å². The molecule has 0 radical (unpaired) electrons. The molecule has 78 valence electrons. The topological polar surface area (TPSA) is 74.2 Å². The van der Waals surface area contributed by atoms with E-state index >= 15 is 0 Å².